The van der Waals surface area contributed by atoms with Crippen molar-refractivity contribution >= 4 is 18.4 Å². The van der Waals surface area contributed by atoms with Gasteiger partial charge in [-0.25, -0.2) is 0 Å². The topological polar surface area (TPSA) is 44.5 Å². The first-order chi connectivity index (χ1) is 16.7. The molecule has 0 bridgehead atoms. The third-order valence-electron chi connectivity index (χ3n) is 7.77. The van der Waals surface area contributed by atoms with E-state index in [-0.39, 0.29) is 18.3 Å². The predicted octanol–water partition coefficient (Wildman–Crippen LogP) is 7.58. The van der Waals surface area contributed by atoms with Gasteiger partial charge in [0.25, 0.3) is 0 Å². The van der Waals surface area contributed by atoms with Crippen LogP contribution in [0.25, 0.3) is 27.8 Å². The molecule has 1 heterocycles. The lowest BCUT2D eigenvalue weighted by Gasteiger charge is -2.32. The van der Waals surface area contributed by atoms with Crippen molar-refractivity contribution in [3.05, 3.63) is 96.0 Å². The third kappa shape index (κ3) is 4.37. The molecule has 0 radical (unpaired) electrons. The summed E-state index contributed by atoms with van der Waals surface area (Å²) in [6.45, 7) is 10.6. The van der Waals surface area contributed by atoms with E-state index in [1.54, 1.807) is 0 Å². The Bertz CT molecular complexity index is 1280. The summed E-state index contributed by atoms with van der Waals surface area (Å²) in [5, 5.41) is 0. The second kappa shape index (κ2) is 8.85. The van der Waals surface area contributed by atoms with Crippen LogP contribution in [0.1, 0.15) is 46.6 Å². The average Bonchev–Trinajstić information content (AvgIpc) is 3.07. The van der Waals surface area contributed by atoms with E-state index >= 15 is 0 Å². The van der Waals surface area contributed by atoms with Crippen molar-refractivity contribution in [2.24, 2.45) is 5.92 Å². The first-order valence-corrected chi connectivity index (χ1v) is 12.5. The highest BCUT2D eigenvalue weighted by molar-refractivity contribution is 6.56. The molecular weight excluding hydrogens is 429 g/mol. The predicted molar refractivity (Wildman–Crippen MR) is 148 cm³/mol. The molecule has 5 rings (SSSR count). The van der Waals surface area contributed by atoms with Crippen molar-refractivity contribution in [2.75, 3.05) is 5.73 Å². The smallest absolute Gasteiger partial charge is 0.399 e. The number of benzene rings is 3. The van der Waals surface area contributed by atoms with Gasteiger partial charge in [-0.15, -0.1) is 0 Å². The Hall–Kier alpha value is -3.08. The first kappa shape index (κ1) is 23.7. The summed E-state index contributed by atoms with van der Waals surface area (Å²) in [5.74, 6) is 0.332. The number of hydrogen-bond donors (Lipinski definition) is 1. The fourth-order valence-corrected chi connectivity index (χ4v) is 4.85. The fourth-order valence-electron chi connectivity index (χ4n) is 4.85. The monoisotopic (exact) mass is 463 g/mol. The highest BCUT2D eigenvalue weighted by Crippen LogP contribution is 2.44. The van der Waals surface area contributed by atoms with Crippen molar-refractivity contribution in [1.82, 2.24) is 0 Å². The Labute approximate surface area is 209 Å². The molecule has 3 aromatic carbocycles. The number of anilines is 1. The summed E-state index contributed by atoms with van der Waals surface area (Å²) in [6, 6.07) is 25.4. The summed E-state index contributed by atoms with van der Waals surface area (Å²) in [6.07, 6.45) is 5.41. The SMILES string of the molecule is CC1CC=C(B2OC(C)(C)C(C)(C)O2)C=C1c1cc(-c2ccccc2)cc(-c2ccccc2)c1N. The number of allylic oxidation sites excluding steroid dienone is 4. The lowest BCUT2D eigenvalue weighted by Crippen LogP contribution is -2.41. The van der Waals surface area contributed by atoms with Gasteiger partial charge in [0.05, 0.1) is 11.2 Å². The maximum Gasteiger partial charge on any atom is 0.494 e. The Morgan fingerprint density at radius 3 is 1.91 bits per heavy atom. The van der Waals surface area contributed by atoms with E-state index in [0.29, 0.717) is 5.92 Å². The zero-order chi connectivity index (χ0) is 24.8. The van der Waals surface area contributed by atoms with E-state index in [4.69, 9.17) is 15.0 Å². The van der Waals surface area contributed by atoms with E-state index in [2.05, 4.69) is 107 Å². The average molecular weight is 463 g/mol. The van der Waals surface area contributed by atoms with Crippen LogP contribution in [0, 0.1) is 5.92 Å². The molecule has 1 fully saturated rings. The van der Waals surface area contributed by atoms with E-state index in [1.165, 1.54) is 11.1 Å². The molecule has 0 saturated carbocycles. The molecule has 3 aromatic rings. The van der Waals surface area contributed by atoms with Crippen LogP contribution in [-0.2, 0) is 9.31 Å². The summed E-state index contributed by atoms with van der Waals surface area (Å²) in [7, 11) is -0.380. The van der Waals surface area contributed by atoms with Crippen LogP contribution >= 0.6 is 0 Å². The zero-order valence-electron chi connectivity index (χ0n) is 21.3. The van der Waals surface area contributed by atoms with Gasteiger partial charge in [-0.05, 0) is 79.9 Å². The molecule has 3 nitrogen and oxygen atoms in total. The summed E-state index contributed by atoms with van der Waals surface area (Å²) in [5.41, 5.74) is 14.9. The van der Waals surface area contributed by atoms with E-state index < -0.39 is 0 Å². The normalized spacial score (nSPS) is 20.9. The number of rotatable bonds is 4. The zero-order valence-corrected chi connectivity index (χ0v) is 21.3. The second-order valence-electron chi connectivity index (χ2n) is 10.7. The first-order valence-electron chi connectivity index (χ1n) is 12.5. The third-order valence-corrected chi connectivity index (χ3v) is 7.77. The van der Waals surface area contributed by atoms with Gasteiger partial charge < -0.3 is 15.0 Å². The summed E-state index contributed by atoms with van der Waals surface area (Å²) < 4.78 is 12.7. The van der Waals surface area contributed by atoms with Crippen LogP contribution in [0.5, 0.6) is 0 Å². The molecule has 178 valence electrons. The quantitative estimate of drug-likeness (QED) is 0.320. The van der Waals surface area contributed by atoms with Crippen molar-refractivity contribution in [3.63, 3.8) is 0 Å². The van der Waals surface area contributed by atoms with Gasteiger partial charge in [0, 0.05) is 16.8 Å². The van der Waals surface area contributed by atoms with Gasteiger partial charge in [0.2, 0.25) is 0 Å². The molecule has 35 heavy (non-hydrogen) atoms. The minimum Gasteiger partial charge on any atom is -0.399 e. The number of hydrogen-bond acceptors (Lipinski definition) is 3. The Morgan fingerprint density at radius 1 is 0.771 bits per heavy atom. The Balaban J connectivity index is 1.63. The molecule has 0 spiro atoms. The summed E-state index contributed by atoms with van der Waals surface area (Å²) >= 11 is 0. The molecule has 1 aliphatic heterocycles. The second-order valence-corrected chi connectivity index (χ2v) is 10.7. The molecule has 2 N–H and O–H groups in total. The maximum atomic E-state index is 6.92. The molecule has 1 saturated heterocycles. The maximum absolute atomic E-state index is 6.92. The van der Waals surface area contributed by atoms with Crippen LogP contribution < -0.4 is 5.73 Å². The van der Waals surface area contributed by atoms with Gasteiger partial charge >= 0.3 is 7.12 Å². The molecule has 0 aromatic heterocycles. The molecule has 2 aliphatic rings. The van der Waals surface area contributed by atoms with Crippen LogP contribution in [0.15, 0.2) is 90.4 Å². The van der Waals surface area contributed by atoms with Crippen LogP contribution in [0.3, 0.4) is 0 Å². The fraction of sp³-hybridized carbons (Fsp3) is 0.290. The van der Waals surface area contributed by atoms with Crippen molar-refractivity contribution in [2.45, 2.75) is 52.2 Å². The lowest BCUT2D eigenvalue weighted by molar-refractivity contribution is 0.00578. The largest absolute Gasteiger partial charge is 0.494 e. The van der Waals surface area contributed by atoms with Crippen LogP contribution in [-0.4, -0.2) is 18.3 Å². The minimum absolute atomic E-state index is 0.332. The highest BCUT2D eigenvalue weighted by Gasteiger charge is 2.52. The van der Waals surface area contributed by atoms with Crippen LogP contribution in [0.2, 0.25) is 0 Å². The van der Waals surface area contributed by atoms with E-state index in [9.17, 15) is 0 Å². The van der Waals surface area contributed by atoms with Gasteiger partial charge in [-0.3, -0.25) is 0 Å². The standard InChI is InChI=1S/C31H34BNO2/c1-21-16-17-25(32-34-30(2,3)31(4,5)35-32)20-26(21)28-19-24(22-12-8-6-9-13-22)18-27(29(28)33)23-14-10-7-11-15-23/h6-15,17-21H,16,33H2,1-5H3. The van der Waals surface area contributed by atoms with Crippen molar-refractivity contribution in [3.8, 4) is 22.3 Å². The summed E-state index contributed by atoms with van der Waals surface area (Å²) in [4.78, 5) is 0. The number of nitrogen functional groups attached to an aromatic ring is 1. The van der Waals surface area contributed by atoms with Crippen molar-refractivity contribution < 1.29 is 9.31 Å². The van der Waals surface area contributed by atoms with Gasteiger partial charge in [0.1, 0.15) is 0 Å². The highest BCUT2D eigenvalue weighted by atomic mass is 16.7. The molecule has 1 aliphatic carbocycles. The Morgan fingerprint density at radius 2 is 1.31 bits per heavy atom. The molecular formula is C31H34BNO2. The lowest BCUT2D eigenvalue weighted by atomic mass is 9.71. The van der Waals surface area contributed by atoms with E-state index in [0.717, 1.165) is 39.8 Å². The molecule has 0 amide bonds. The minimum atomic E-state index is -0.380. The molecule has 4 heteroatoms. The molecule has 1 unspecified atom stereocenters. The van der Waals surface area contributed by atoms with Gasteiger partial charge in [-0.2, -0.15) is 0 Å². The van der Waals surface area contributed by atoms with Crippen LogP contribution in [0.4, 0.5) is 5.69 Å². The number of nitrogens with two attached hydrogens (primary N) is 1. The van der Waals surface area contributed by atoms with Gasteiger partial charge in [0.15, 0.2) is 0 Å². The van der Waals surface area contributed by atoms with Gasteiger partial charge in [-0.1, -0.05) is 79.7 Å². The Kier molecular flexibility index (Phi) is 5.98. The van der Waals surface area contributed by atoms with Crippen molar-refractivity contribution in [1.29, 1.82) is 0 Å². The molecule has 1 atom stereocenters. The van der Waals surface area contributed by atoms with E-state index in [1.807, 2.05) is 12.1 Å².